The smallest absolute Gasteiger partial charge is 0.233 e. The average Bonchev–Trinajstić information content (AvgIpc) is 2.77. The van der Waals surface area contributed by atoms with Crippen LogP contribution in [0.2, 0.25) is 0 Å². The monoisotopic (exact) mass is 425 g/mol. The Kier molecular flexibility index (Phi) is 7.21. The molecule has 156 valence electrons. The maximum Gasteiger partial charge on any atom is 0.233 e. The second kappa shape index (κ2) is 10.0. The average molecular weight is 426 g/mol. The van der Waals surface area contributed by atoms with Crippen LogP contribution in [0.25, 0.3) is 0 Å². The SMILES string of the molecule is O=CN(O)C(CS(=O)(=O)Cc1ccc(OCc2ccccc2)cc1)c1ccccc1. The number of sulfone groups is 1. The van der Waals surface area contributed by atoms with Gasteiger partial charge >= 0.3 is 0 Å². The Morgan fingerprint density at radius 1 is 0.867 bits per heavy atom. The molecular formula is C23H23NO5S. The van der Waals surface area contributed by atoms with Gasteiger partial charge in [-0.25, -0.2) is 13.5 Å². The molecule has 0 radical (unpaired) electrons. The van der Waals surface area contributed by atoms with Gasteiger partial charge in [-0.2, -0.15) is 0 Å². The van der Waals surface area contributed by atoms with E-state index in [0.717, 1.165) is 5.56 Å². The van der Waals surface area contributed by atoms with E-state index in [0.29, 0.717) is 28.5 Å². The molecule has 0 aliphatic heterocycles. The third-order valence-electron chi connectivity index (χ3n) is 4.58. The molecule has 0 fully saturated rings. The van der Waals surface area contributed by atoms with Crippen LogP contribution in [-0.4, -0.2) is 30.9 Å². The van der Waals surface area contributed by atoms with Gasteiger partial charge in [0, 0.05) is 0 Å². The number of benzene rings is 3. The lowest BCUT2D eigenvalue weighted by atomic mass is 10.1. The molecule has 3 rings (SSSR count). The summed E-state index contributed by atoms with van der Waals surface area (Å²) < 4.78 is 31.1. The van der Waals surface area contributed by atoms with Crippen molar-refractivity contribution in [3.8, 4) is 5.75 Å². The van der Waals surface area contributed by atoms with E-state index in [-0.39, 0.29) is 12.2 Å². The van der Waals surface area contributed by atoms with Gasteiger partial charge in [0.05, 0.1) is 17.5 Å². The Morgan fingerprint density at radius 3 is 2.07 bits per heavy atom. The van der Waals surface area contributed by atoms with E-state index in [1.165, 1.54) is 0 Å². The fourth-order valence-electron chi connectivity index (χ4n) is 3.05. The van der Waals surface area contributed by atoms with Crippen molar-refractivity contribution in [1.82, 2.24) is 5.06 Å². The first-order chi connectivity index (χ1) is 14.5. The van der Waals surface area contributed by atoms with Crippen LogP contribution in [-0.2, 0) is 27.0 Å². The summed E-state index contributed by atoms with van der Waals surface area (Å²) in [6.07, 6.45) is 0.214. The fraction of sp³-hybridized carbons (Fsp3) is 0.174. The normalized spacial score (nSPS) is 12.2. The molecule has 6 nitrogen and oxygen atoms in total. The molecule has 0 saturated carbocycles. The summed E-state index contributed by atoms with van der Waals surface area (Å²) in [6.45, 7) is 0.426. The highest BCUT2D eigenvalue weighted by atomic mass is 32.2. The van der Waals surface area contributed by atoms with Crippen LogP contribution >= 0.6 is 0 Å². The first-order valence-corrected chi connectivity index (χ1v) is 11.2. The third kappa shape index (κ3) is 6.17. The summed E-state index contributed by atoms with van der Waals surface area (Å²) in [5.41, 5.74) is 2.18. The summed E-state index contributed by atoms with van der Waals surface area (Å²) in [7, 11) is -3.61. The Labute approximate surface area is 176 Å². The third-order valence-corrected chi connectivity index (χ3v) is 6.18. The van der Waals surface area contributed by atoms with E-state index >= 15 is 0 Å². The minimum absolute atomic E-state index is 0.206. The number of carbonyl (C=O) groups excluding carboxylic acids is 1. The van der Waals surface area contributed by atoms with E-state index in [9.17, 15) is 18.4 Å². The maximum atomic E-state index is 12.7. The summed E-state index contributed by atoms with van der Waals surface area (Å²) in [6, 6.07) is 24.2. The highest BCUT2D eigenvalue weighted by molar-refractivity contribution is 7.90. The van der Waals surface area contributed by atoms with Gasteiger partial charge in [0.15, 0.2) is 9.84 Å². The molecule has 3 aromatic carbocycles. The van der Waals surface area contributed by atoms with Crippen LogP contribution in [0.3, 0.4) is 0 Å². The van der Waals surface area contributed by atoms with Gasteiger partial charge in [0.2, 0.25) is 6.41 Å². The van der Waals surface area contributed by atoms with E-state index in [2.05, 4.69) is 0 Å². The van der Waals surface area contributed by atoms with Gasteiger partial charge in [-0.3, -0.25) is 10.0 Å². The lowest BCUT2D eigenvalue weighted by Crippen LogP contribution is -2.30. The highest BCUT2D eigenvalue weighted by Crippen LogP contribution is 2.23. The quantitative estimate of drug-likeness (QED) is 0.304. The molecule has 0 heterocycles. The first-order valence-electron chi connectivity index (χ1n) is 9.40. The molecule has 1 unspecified atom stereocenters. The lowest BCUT2D eigenvalue weighted by Gasteiger charge is -2.22. The van der Waals surface area contributed by atoms with Crippen LogP contribution in [0, 0.1) is 0 Å². The largest absolute Gasteiger partial charge is 0.489 e. The van der Waals surface area contributed by atoms with Crippen LogP contribution in [0.1, 0.15) is 22.7 Å². The van der Waals surface area contributed by atoms with Gasteiger partial charge in [0.1, 0.15) is 12.4 Å². The maximum absolute atomic E-state index is 12.7. The van der Waals surface area contributed by atoms with E-state index in [4.69, 9.17) is 4.74 Å². The molecule has 3 aromatic rings. The molecule has 1 amide bonds. The van der Waals surface area contributed by atoms with Crippen LogP contribution in [0.15, 0.2) is 84.9 Å². The predicted octanol–water partition coefficient (Wildman–Crippen LogP) is 3.77. The van der Waals surface area contributed by atoms with Gasteiger partial charge in [0.25, 0.3) is 0 Å². The molecule has 0 spiro atoms. The van der Waals surface area contributed by atoms with Crippen molar-refractivity contribution in [2.75, 3.05) is 5.75 Å². The zero-order valence-corrected chi connectivity index (χ0v) is 17.1. The van der Waals surface area contributed by atoms with Gasteiger partial charge < -0.3 is 4.74 Å². The summed E-state index contributed by atoms with van der Waals surface area (Å²) in [4.78, 5) is 11.0. The molecule has 0 bridgehead atoms. The van der Waals surface area contributed by atoms with E-state index in [1.54, 1.807) is 54.6 Å². The number of nitrogens with zero attached hydrogens (tertiary/aromatic N) is 1. The molecule has 0 aromatic heterocycles. The predicted molar refractivity (Wildman–Crippen MR) is 114 cm³/mol. The molecule has 7 heteroatoms. The molecule has 1 atom stereocenters. The Bertz CT molecular complexity index is 1040. The number of hydrogen-bond acceptors (Lipinski definition) is 5. The minimum atomic E-state index is -3.61. The van der Waals surface area contributed by atoms with Crippen LogP contribution < -0.4 is 4.74 Å². The lowest BCUT2D eigenvalue weighted by molar-refractivity contribution is -0.158. The van der Waals surface area contributed by atoms with Crippen molar-refractivity contribution in [2.45, 2.75) is 18.4 Å². The standard InChI is InChI=1S/C23H23NO5S/c25-18-24(26)23(21-9-5-2-6-10-21)17-30(27,28)16-20-11-13-22(14-12-20)29-15-19-7-3-1-4-8-19/h1-14,18,23,26H,15-17H2. The second-order valence-electron chi connectivity index (χ2n) is 6.88. The summed E-state index contributed by atoms with van der Waals surface area (Å²) in [5.74, 6) is 0.0465. The number of carbonyl (C=O) groups is 1. The fourth-order valence-corrected chi connectivity index (χ4v) is 4.69. The van der Waals surface area contributed by atoms with Gasteiger partial charge in [-0.05, 0) is 28.8 Å². The summed E-state index contributed by atoms with van der Waals surface area (Å²) >= 11 is 0. The Hall–Kier alpha value is -3.16. The zero-order chi connectivity index (χ0) is 21.4. The second-order valence-corrected chi connectivity index (χ2v) is 8.99. The number of hydroxylamine groups is 2. The van der Waals surface area contributed by atoms with Crippen molar-refractivity contribution in [1.29, 1.82) is 0 Å². The van der Waals surface area contributed by atoms with Crippen molar-refractivity contribution in [2.24, 2.45) is 0 Å². The van der Waals surface area contributed by atoms with Gasteiger partial charge in [-0.1, -0.05) is 72.8 Å². The molecule has 1 N–H and O–H groups in total. The number of ether oxygens (including phenoxy) is 1. The number of amides is 1. The Balaban J connectivity index is 1.64. The van der Waals surface area contributed by atoms with Gasteiger partial charge in [-0.15, -0.1) is 0 Å². The van der Waals surface area contributed by atoms with E-state index < -0.39 is 21.6 Å². The van der Waals surface area contributed by atoms with Crippen molar-refractivity contribution in [3.05, 3.63) is 102 Å². The van der Waals surface area contributed by atoms with Crippen molar-refractivity contribution >= 4 is 16.2 Å². The van der Waals surface area contributed by atoms with Crippen molar-refractivity contribution < 1.29 is 23.2 Å². The molecule has 0 aliphatic carbocycles. The van der Waals surface area contributed by atoms with Crippen LogP contribution in [0.5, 0.6) is 5.75 Å². The van der Waals surface area contributed by atoms with Crippen LogP contribution in [0.4, 0.5) is 0 Å². The topological polar surface area (TPSA) is 83.9 Å². The summed E-state index contributed by atoms with van der Waals surface area (Å²) in [5, 5.41) is 10.3. The zero-order valence-electron chi connectivity index (χ0n) is 16.3. The van der Waals surface area contributed by atoms with E-state index in [1.807, 2.05) is 30.3 Å². The number of hydrogen-bond donors (Lipinski definition) is 1. The highest BCUT2D eigenvalue weighted by Gasteiger charge is 2.25. The minimum Gasteiger partial charge on any atom is -0.489 e. The first kappa shape index (κ1) is 21.5. The molecule has 30 heavy (non-hydrogen) atoms. The molecule has 0 saturated heterocycles. The van der Waals surface area contributed by atoms with Crippen molar-refractivity contribution in [3.63, 3.8) is 0 Å². The Morgan fingerprint density at radius 2 is 1.47 bits per heavy atom. The molecular weight excluding hydrogens is 402 g/mol. The molecule has 0 aliphatic rings. The number of rotatable bonds is 10.